The fourth-order valence-corrected chi connectivity index (χ4v) is 3.87. The second-order valence-corrected chi connectivity index (χ2v) is 7.00. The number of para-hydroxylation sites is 1. The van der Waals surface area contributed by atoms with Gasteiger partial charge in [-0.3, -0.25) is 4.79 Å². The number of nitrogens with one attached hydrogen (secondary N) is 1. The SMILES string of the molecule is Cc1nn(-c2ccccc2)c2sc(C(=O)NCc3ccc(F)cc3)cc12. The van der Waals surface area contributed by atoms with E-state index >= 15 is 0 Å². The van der Waals surface area contributed by atoms with Crippen LogP contribution in [0.3, 0.4) is 0 Å². The van der Waals surface area contributed by atoms with Gasteiger partial charge in [-0.2, -0.15) is 5.10 Å². The number of nitrogens with zero attached hydrogens (tertiary/aromatic N) is 2. The number of rotatable bonds is 4. The molecule has 2 aromatic carbocycles. The molecular weight excluding hydrogens is 349 g/mol. The summed E-state index contributed by atoms with van der Waals surface area (Å²) in [5, 5.41) is 8.44. The van der Waals surface area contributed by atoms with E-state index in [-0.39, 0.29) is 11.7 Å². The molecule has 0 fully saturated rings. The van der Waals surface area contributed by atoms with Gasteiger partial charge in [0.15, 0.2) is 0 Å². The maximum absolute atomic E-state index is 13.0. The van der Waals surface area contributed by atoms with E-state index in [1.165, 1.54) is 23.5 Å². The number of halogens is 1. The highest BCUT2D eigenvalue weighted by molar-refractivity contribution is 7.20. The minimum atomic E-state index is -0.287. The fourth-order valence-electron chi connectivity index (χ4n) is 2.78. The van der Waals surface area contributed by atoms with Crippen molar-refractivity contribution in [1.29, 1.82) is 0 Å². The average Bonchev–Trinajstić information content (AvgIpc) is 3.23. The Hall–Kier alpha value is -2.99. The number of carbonyl (C=O) groups is 1. The molecule has 4 rings (SSSR count). The van der Waals surface area contributed by atoms with Crippen molar-refractivity contribution >= 4 is 27.5 Å². The molecule has 2 aromatic heterocycles. The minimum Gasteiger partial charge on any atom is -0.347 e. The Labute approximate surface area is 153 Å². The molecule has 130 valence electrons. The quantitative estimate of drug-likeness (QED) is 0.580. The number of hydrogen-bond acceptors (Lipinski definition) is 3. The van der Waals surface area contributed by atoms with Gasteiger partial charge in [-0.1, -0.05) is 30.3 Å². The lowest BCUT2D eigenvalue weighted by Crippen LogP contribution is -2.21. The van der Waals surface area contributed by atoms with Crippen LogP contribution in [0.15, 0.2) is 60.7 Å². The van der Waals surface area contributed by atoms with E-state index in [9.17, 15) is 9.18 Å². The van der Waals surface area contributed by atoms with Gasteiger partial charge in [0.05, 0.1) is 16.3 Å². The number of aryl methyl sites for hydroxylation is 1. The van der Waals surface area contributed by atoms with Gasteiger partial charge in [-0.15, -0.1) is 11.3 Å². The Balaban J connectivity index is 1.59. The summed E-state index contributed by atoms with van der Waals surface area (Å²) in [4.78, 5) is 14.1. The zero-order valence-electron chi connectivity index (χ0n) is 14.1. The normalized spacial score (nSPS) is 11.0. The lowest BCUT2D eigenvalue weighted by Gasteiger charge is -2.04. The van der Waals surface area contributed by atoms with E-state index in [2.05, 4.69) is 10.4 Å². The number of fused-ring (bicyclic) bond motifs is 1. The molecule has 0 aliphatic heterocycles. The van der Waals surface area contributed by atoms with Crippen LogP contribution in [0.25, 0.3) is 15.9 Å². The maximum atomic E-state index is 13.0. The smallest absolute Gasteiger partial charge is 0.261 e. The molecule has 2 heterocycles. The average molecular weight is 365 g/mol. The van der Waals surface area contributed by atoms with Crippen molar-refractivity contribution < 1.29 is 9.18 Å². The van der Waals surface area contributed by atoms with Gasteiger partial charge in [-0.05, 0) is 42.8 Å². The van der Waals surface area contributed by atoms with Crippen LogP contribution in [0.2, 0.25) is 0 Å². The molecule has 26 heavy (non-hydrogen) atoms. The standard InChI is InChI=1S/C20H16FN3OS/c1-13-17-11-18(19(25)22-12-14-7-9-15(21)10-8-14)26-20(17)24(23-13)16-5-3-2-4-6-16/h2-11H,12H2,1H3,(H,22,25). The van der Waals surface area contributed by atoms with Crippen LogP contribution < -0.4 is 5.32 Å². The minimum absolute atomic E-state index is 0.144. The van der Waals surface area contributed by atoms with Crippen molar-refractivity contribution in [3.05, 3.63) is 82.6 Å². The van der Waals surface area contributed by atoms with Gasteiger partial charge in [0.2, 0.25) is 0 Å². The van der Waals surface area contributed by atoms with E-state index in [1.807, 2.05) is 48.0 Å². The highest BCUT2D eigenvalue weighted by Crippen LogP contribution is 2.30. The summed E-state index contributed by atoms with van der Waals surface area (Å²) in [7, 11) is 0. The summed E-state index contributed by atoms with van der Waals surface area (Å²) >= 11 is 1.41. The van der Waals surface area contributed by atoms with E-state index in [1.54, 1.807) is 12.1 Å². The van der Waals surface area contributed by atoms with Crippen LogP contribution in [0.5, 0.6) is 0 Å². The monoisotopic (exact) mass is 365 g/mol. The highest BCUT2D eigenvalue weighted by Gasteiger charge is 2.17. The Morgan fingerprint density at radius 1 is 1.15 bits per heavy atom. The van der Waals surface area contributed by atoms with Crippen molar-refractivity contribution in [3.63, 3.8) is 0 Å². The molecule has 1 N–H and O–H groups in total. The summed E-state index contributed by atoms with van der Waals surface area (Å²) in [6, 6.07) is 17.8. The van der Waals surface area contributed by atoms with Crippen molar-refractivity contribution in [2.24, 2.45) is 0 Å². The molecule has 0 bridgehead atoms. The third kappa shape index (κ3) is 3.11. The summed E-state index contributed by atoms with van der Waals surface area (Å²) in [6.45, 7) is 2.30. The van der Waals surface area contributed by atoms with Gasteiger partial charge >= 0.3 is 0 Å². The largest absolute Gasteiger partial charge is 0.347 e. The molecular formula is C20H16FN3OS. The second-order valence-electron chi connectivity index (χ2n) is 5.97. The lowest BCUT2D eigenvalue weighted by atomic mass is 10.2. The van der Waals surface area contributed by atoms with Crippen molar-refractivity contribution in [2.45, 2.75) is 13.5 Å². The first-order valence-electron chi connectivity index (χ1n) is 8.19. The molecule has 0 aliphatic rings. The summed E-state index contributed by atoms with van der Waals surface area (Å²) in [5.74, 6) is -0.430. The van der Waals surface area contributed by atoms with Crippen LogP contribution >= 0.6 is 11.3 Å². The Bertz CT molecular complexity index is 1070. The molecule has 0 atom stereocenters. The molecule has 0 saturated carbocycles. The Kier molecular flexibility index (Phi) is 4.26. The first kappa shape index (κ1) is 16.5. The fraction of sp³-hybridized carbons (Fsp3) is 0.100. The van der Waals surface area contributed by atoms with E-state index in [4.69, 9.17) is 0 Å². The van der Waals surface area contributed by atoms with Gasteiger partial charge in [0.1, 0.15) is 10.6 Å². The van der Waals surface area contributed by atoms with Gasteiger partial charge in [0, 0.05) is 11.9 Å². The van der Waals surface area contributed by atoms with E-state index in [0.717, 1.165) is 27.2 Å². The first-order chi connectivity index (χ1) is 12.6. The number of amides is 1. The third-order valence-corrected chi connectivity index (χ3v) is 5.24. The van der Waals surface area contributed by atoms with Crippen molar-refractivity contribution in [2.75, 3.05) is 0 Å². The van der Waals surface area contributed by atoms with Gasteiger partial charge < -0.3 is 5.32 Å². The second kappa shape index (κ2) is 6.72. The zero-order chi connectivity index (χ0) is 18.1. The third-order valence-electron chi connectivity index (χ3n) is 4.14. The number of thiophene rings is 1. The van der Waals surface area contributed by atoms with Gasteiger partial charge in [0.25, 0.3) is 5.91 Å². The lowest BCUT2D eigenvalue weighted by molar-refractivity contribution is 0.0955. The van der Waals surface area contributed by atoms with Crippen LogP contribution in [-0.2, 0) is 6.54 Å². The zero-order valence-corrected chi connectivity index (χ0v) is 14.9. The maximum Gasteiger partial charge on any atom is 0.261 e. The summed E-state index contributed by atoms with van der Waals surface area (Å²) in [5.41, 5.74) is 2.70. The van der Waals surface area contributed by atoms with Crippen molar-refractivity contribution in [3.8, 4) is 5.69 Å². The molecule has 4 aromatic rings. The molecule has 6 heteroatoms. The molecule has 1 amide bonds. The van der Waals surface area contributed by atoms with E-state index in [0.29, 0.717) is 11.4 Å². The molecule has 0 spiro atoms. The number of aromatic nitrogens is 2. The van der Waals surface area contributed by atoms with Crippen LogP contribution in [-0.4, -0.2) is 15.7 Å². The highest BCUT2D eigenvalue weighted by atomic mass is 32.1. The van der Waals surface area contributed by atoms with Crippen LogP contribution in [0, 0.1) is 12.7 Å². The summed E-state index contributed by atoms with van der Waals surface area (Å²) < 4.78 is 14.8. The topological polar surface area (TPSA) is 46.9 Å². The van der Waals surface area contributed by atoms with Crippen LogP contribution in [0.4, 0.5) is 4.39 Å². The number of benzene rings is 2. The summed E-state index contributed by atoms with van der Waals surface area (Å²) in [6.07, 6.45) is 0. The predicted octanol–water partition coefficient (Wildman–Crippen LogP) is 4.46. The molecule has 0 unspecified atom stereocenters. The molecule has 0 aliphatic carbocycles. The molecule has 0 radical (unpaired) electrons. The Morgan fingerprint density at radius 3 is 2.62 bits per heavy atom. The molecule has 4 nitrogen and oxygen atoms in total. The van der Waals surface area contributed by atoms with Gasteiger partial charge in [-0.25, -0.2) is 9.07 Å². The first-order valence-corrected chi connectivity index (χ1v) is 9.01. The van der Waals surface area contributed by atoms with E-state index < -0.39 is 0 Å². The number of carbonyl (C=O) groups excluding carboxylic acids is 1. The molecule has 0 saturated heterocycles. The Morgan fingerprint density at radius 2 is 1.88 bits per heavy atom. The van der Waals surface area contributed by atoms with Crippen molar-refractivity contribution in [1.82, 2.24) is 15.1 Å². The number of hydrogen-bond donors (Lipinski definition) is 1. The van der Waals surface area contributed by atoms with Crippen LogP contribution in [0.1, 0.15) is 20.9 Å². The predicted molar refractivity (Wildman–Crippen MR) is 101 cm³/mol.